The highest BCUT2D eigenvalue weighted by atomic mass is 16.3. The minimum absolute atomic E-state index is 0.0398. The second kappa shape index (κ2) is 5.54. The van der Waals surface area contributed by atoms with Gasteiger partial charge in [-0.25, -0.2) is 0 Å². The number of hydrogen-bond acceptors (Lipinski definition) is 2. The lowest BCUT2D eigenvalue weighted by Gasteiger charge is -2.04. The average molecular weight is 243 g/mol. The largest absolute Gasteiger partial charge is 0.466 e. The Bertz CT molecular complexity index is 543. The number of benzene rings is 1. The van der Waals surface area contributed by atoms with E-state index < -0.39 is 0 Å². The Kier molecular flexibility index (Phi) is 3.82. The van der Waals surface area contributed by atoms with Crippen LogP contribution in [0.1, 0.15) is 27.4 Å². The van der Waals surface area contributed by atoms with Crippen molar-refractivity contribution in [3.63, 3.8) is 0 Å². The Morgan fingerprint density at radius 2 is 2.06 bits per heavy atom. The van der Waals surface area contributed by atoms with Crippen LogP contribution >= 0.6 is 0 Å². The van der Waals surface area contributed by atoms with Crippen LogP contribution < -0.4 is 5.32 Å². The van der Waals surface area contributed by atoms with E-state index in [2.05, 4.69) is 5.32 Å². The summed E-state index contributed by atoms with van der Waals surface area (Å²) in [5, 5.41) is 2.88. The highest BCUT2D eigenvalue weighted by molar-refractivity contribution is 5.94. The predicted octanol–water partition coefficient (Wildman–Crippen LogP) is 2.87. The van der Waals surface area contributed by atoms with E-state index in [4.69, 9.17) is 4.42 Å². The third-order valence-corrected chi connectivity index (χ3v) is 2.73. The van der Waals surface area contributed by atoms with Crippen LogP contribution in [-0.4, -0.2) is 12.5 Å². The highest BCUT2D eigenvalue weighted by Crippen LogP contribution is 2.07. The Morgan fingerprint density at radius 3 is 2.72 bits per heavy atom. The topological polar surface area (TPSA) is 42.2 Å². The third-order valence-electron chi connectivity index (χ3n) is 2.73. The summed E-state index contributed by atoms with van der Waals surface area (Å²) < 4.78 is 5.44. The normalized spacial score (nSPS) is 10.3. The summed E-state index contributed by atoms with van der Waals surface area (Å²) in [7, 11) is 0. The van der Waals surface area contributed by atoms with Gasteiger partial charge in [0.25, 0.3) is 5.91 Å². The number of hydrogen-bond donors (Lipinski definition) is 1. The van der Waals surface area contributed by atoms with Crippen molar-refractivity contribution in [2.24, 2.45) is 0 Å². The van der Waals surface area contributed by atoms with Gasteiger partial charge in [0.05, 0.1) is 0 Å². The van der Waals surface area contributed by atoms with Gasteiger partial charge in [-0.1, -0.05) is 17.7 Å². The summed E-state index contributed by atoms with van der Waals surface area (Å²) >= 11 is 0. The van der Waals surface area contributed by atoms with Gasteiger partial charge in [0.1, 0.15) is 11.5 Å². The van der Waals surface area contributed by atoms with Crippen LogP contribution in [0.15, 0.2) is 40.8 Å². The van der Waals surface area contributed by atoms with E-state index in [1.807, 2.05) is 50.2 Å². The molecule has 0 aliphatic rings. The molecule has 0 unspecified atom stereocenters. The van der Waals surface area contributed by atoms with Crippen LogP contribution in [0.2, 0.25) is 0 Å². The SMILES string of the molecule is Cc1cccc(C(=O)NCCc2ccc(C)o2)c1. The first kappa shape index (κ1) is 12.4. The van der Waals surface area contributed by atoms with Crippen molar-refractivity contribution >= 4 is 5.91 Å². The molecule has 2 aromatic rings. The average Bonchev–Trinajstić information content (AvgIpc) is 2.75. The van der Waals surface area contributed by atoms with E-state index in [9.17, 15) is 4.79 Å². The molecule has 94 valence electrons. The zero-order valence-electron chi connectivity index (χ0n) is 10.7. The Balaban J connectivity index is 1.85. The van der Waals surface area contributed by atoms with Crippen LogP contribution in [0, 0.1) is 13.8 Å². The second-order valence-corrected chi connectivity index (χ2v) is 4.39. The summed E-state index contributed by atoms with van der Waals surface area (Å²) in [6.07, 6.45) is 0.714. The van der Waals surface area contributed by atoms with Gasteiger partial charge in [0, 0.05) is 18.5 Å². The van der Waals surface area contributed by atoms with Gasteiger partial charge in [-0.2, -0.15) is 0 Å². The fourth-order valence-corrected chi connectivity index (χ4v) is 1.81. The molecule has 0 saturated heterocycles. The molecule has 1 aromatic carbocycles. The quantitative estimate of drug-likeness (QED) is 0.897. The van der Waals surface area contributed by atoms with Crippen LogP contribution in [0.4, 0.5) is 0 Å². The first-order valence-corrected chi connectivity index (χ1v) is 6.05. The molecule has 0 saturated carbocycles. The van der Waals surface area contributed by atoms with Crippen LogP contribution in [0.5, 0.6) is 0 Å². The molecule has 0 spiro atoms. The first-order valence-electron chi connectivity index (χ1n) is 6.05. The molecule has 0 aliphatic heterocycles. The third kappa shape index (κ3) is 3.23. The smallest absolute Gasteiger partial charge is 0.251 e. The van der Waals surface area contributed by atoms with Crippen LogP contribution in [0.3, 0.4) is 0 Å². The van der Waals surface area contributed by atoms with Crippen molar-refractivity contribution < 1.29 is 9.21 Å². The molecule has 1 heterocycles. The molecule has 18 heavy (non-hydrogen) atoms. The summed E-state index contributed by atoms with van der Waals surface area (Å²) in [5.74, 6) is 1.76. The molecular weight excluding hydrogens is 226 g/mol. The van der Waals surface area contributed by atoms with E-state index >= 15 is 0 Å². The van der Waals surface area contributed by atoms with E-state index in [0.717, 1.165) is 17.1 Å². The standard InChI is InChI=1S/C15H17NO2/c1-11-4-3-5-13(10-11)15(17)16-9-8-14-7-6-12(2)18-14/h3-7,10H,8-9H2,1-2H3,(H,16,17). The van der Waals surface area contributed by atoms with Crippen molar-refractivity contribution in [3.05, 3.63) is 59.0 Å². The number of aryl methyl sites for hydroxylation is 2. The van der Waals surface area contributed by atoms with Gasteiger partial charge in [0.2, 0.25) is 0 Å². The molecule has 0 fully saturated rings. The zero-order chi connectivity index (χ0) is 13.0. The van der Waals surface area contributed by atoms with E-state index in [1.54, 1.807) is 0 Å². The maximum atomic E-state index is 11.9. The van der Waals surface area contributed by atoms with Crippen LogP contribution in [-0.2, 0) is 6.42 Å². The summed E-state index contributed by atoms with van der Waals surface area (Å²) in [4.78, 5) is 11.9. The first-order chi connectivity index (χ1) is 8.65. The van der Waals surface area contributed by atoms with Gasteiger partial charge in [-0.3, -0.25) is 4.79 Å². The Labute approximate surface area is 107 Å². The highest BCUT2D eigenvalue weighted by Gasteiger charge is 2.05. The summed E-state index contributed by atoms with van der Waals surface area (Å²) in [6.45, 7) is 4.47. The number of rotatable bonds is 4. The van der Waals surface area contributed by atoms with Crippen molar-refractivity contribution in [1.82, 2.24) is 5.32 Å². The van der Waals surface area contributed by atoms with Gasteiger partial charge in [-0.15, -0.1) is 0 Å². The molecule has 3 nitrogen and oxygen atoms in total. The number of carbonyl (C=O) groups is 1. The molecule has 0 aliphatic carbocycles. The van der Waals surface area contributed by atoms with Crippen molar-refractivity contribution in [2.45, 2.75) is 20.3 Å². The number of furan rings is 1. The molecule has 3 heteroatoms. The number of nitrogens with one attached hydrogen (secondary N) is 1. The van der Waals surface area contributed by atoms with Gasteiger partial charge in [0.15, 0.2) is 0 Å². The minimum atomic E-state index is -0.0398. The number of amides is 1. The molecule has 0 bridgehead atoms. The monoisotopic (exact) mass is 243 g/mol. The van der Waals surface area contributed by atoms with Crippen LogP contribution in [0.25, 0.3) is 0 Å². The summed E-state index contributed by atoms with van der Waals surface area (Å²) in [6, 6.07) is 11.4. The molecule has 1 aromatic heterocycles. The van der Waals surface area contributed by atoms with E-state index in [0.29, 0.717) is 18.5 Å². The molecule has 0 radical (unpaired) electrons. The maximum absolute atomic E-state index is 11.9. The molecule has 0 atom stereocenters. The van der Waals surface area contributed by atoms with Crippen molar-refractivity contribution in [2.75, 3.05) is 6.54 Å². The summed E-state index contributed by atoms with van der Waals surface area (Å²) in [5.41, 5.74) is 1.79. The predicted molar refractivity (Wildman–Crippen MR) is 70.7 cm³/mol. The number of carbonyl (C=O) groups excluding carboxylic acids is 1. The van der Waals surface area contributed by atoms with Gasteiger partial charge in [-0.05, 0) is 38.1 Å². The molecule has 2 rings (SSSR count). The van der Waals surface area contributed by atoms with E-state index in [-0.39, 0.29) is 5.91 Å². The Hall–Kier alpha value is -2.03. The minimum Gasteiger partial charge on any atom is -0.466 e. The van der Waals surface area contributed by atoms with E-state index in [1.165, 1.54) is 0 Å². The lowest BCUT2D eigenvalue weighted by Crippen LogP contribution is -2.25. The van der Waals surface area contributed by atoms with Gasteiger partial charge >= 0.3 is 0 Å². The lowest BCUT2D eigenvalue weighted by molar-refractivity contribution is 0.0953. The molecule has 1 N–H and O–H groups in total. The van der Waals surface area contributed by atoms with Gasteiger partial charge < -0.3 is 9.73 Å². The second-order valence-electron chi connectivity index (χ2n) is 4.39. The van der Waals surface area contributed by atoms with Crippen molar-refractivity contribution in [3.8, 4) is 0 Å². The van der Waals surface area contributed by atoms with Crippen molar-refractivity contribution in [1.29, 1.82) is 0 Å². The lowest BCUT2D eigenvalue weighted by atomic mass is 10.1. The molecule has 1 amide bonds. The zero-order valence-corrected chi connectivity index (χ0v) is 10.7. The molecular formula is C15H17NO2. The Morgan fingerprint density at radius 1 is 1.22 bits per heavy atom. The maximum Gasteiger partial charge on any atom is 0.251 e. The fourth-order valence-electron chi connectivity index (χ4n) is 1.81. The fraction of sp³-hybridized carbons (Fsp3) is 0.267.